The highest BCUT2D eigenvalue weighted by molar-refractivity contribution is 5.85. The molecule has 24 heavy (non-hydrogen) atoms. The molecule has 116 valence electrons. The van der Waals surface area contributed by atoms with Gasteiger partial charge in [0, 0.05) is 11.9 Å². The van der Waals surface area contributed by atoms with Gasteiger partial charge in [-0.25, -0.2) is 9.97 Å². The van der Waals surface area contributed by atoms with Crippen molar-refractivity contribution in [1.29, 1.82) is 0 Å². The molecule has 0 saturated heterocycles. The molecule has 4 aromatic rings. The van der Waals surface area contributed by atoms with Gasteiger partial charge in [0.2, 0.25) is 0 Å². The van der Waals surface area contributed by atoms with Gasteiger partial charge in [-0.15, -0.1) is 0 Å². The summed E-state index contributed by atoms with van der Waals surface area (Å²) in [5, 5.41) is 1.81. The van der Waals surface area contributed by atoms with E-state index in [4.69, 9.17) is 9.97 Å². The van der Waals surface area contributed by atoms with Crippen molar-refractivity contribution in [2.75, 3.05) is 0 Å². The predicted octanol–water partition coefficient (Wildman–Crippen LogP) is 3.48. The lowest BCUT2D eigenvalue weighted by Crippen LogP contribution is -2.28. The summed E-state index contributed by atoms with van der Waals surface area (Å²) in [6.45, 7) is 2.74. The molecule has 1 aliphatic rings. The van der Waals surface area contributed by atoms with E-state index >= 15 is 0 Å². The van der Waals surface area contributed by atoms with Crippen LogP contribution < -0.4 is 5.56 Å². The van der Waals surface area contributed by atoms with Crippen LogP contribution in [0.15, 0.2) is 53.3 Å². The number of benzene rings is 2. The first-order chi connectivity index (χ1) is 11.7. The Kier molecular flexibility index (Phi) is 2.65. The molecule has 0 atom stereocenters. The van der Waals surface area contributed by atoms with Gasteiger partial charge in [0.1, 0.15) is 5.69 Å². The topological polar surface area (TPSA) is 47.8 Å². The minimum atomic E-state index is 0.0204. The van der Waals surface area contributed by atoms with Crippen molar-refractivity contribution in [3.05, 3.63) is 70.0 Å². The molecular formula is C20H15N3O. The maximum Gasteiger partial charge on any atom is 0.261 e. The molecule has 1 aliphatic heterocycles. The Morgan fingerprint density at radius 2 is 1.88 bits per heavy atom. The van der Waals surface area contributed by atoms with Crippen LogP contribution in [0.2, 0.25) is 0 Å². The van der Waals surface area contributed by atoms with Gasteiger partial charge in [0.25, 0.3) is 5.56 Å². The highest BCUT2D eigenvalue weighted by Gasteiger charge is 2.22. The van der Waals surface area contributed by atoms with Crippen molar-refractivity contribution in [1.82, 2.24) is 14.5 Å². The van der Waals surface area contributed by atoms with Gasteiger partial charge in [0.15, 0.2) is 5.82 Å². The molecule has 3 heterocycles. The average Bonchev–Trinajstić information content (AvgIpc) is 2.60. The van der Waals surface area contributed by atoms with E-state index < -0.39 is 0 Å². The van der Waals surface area contributed by atoms with E-state index in [9.17, 15) is 4.79 Å². The lowest BCUT2D eigenvalue weighted by Gasteiger charge is -2.21. The van der Waals surface area contributed by atoms with Crippen molar-refractivity contribution in [3.63, 3.8) is 0 Å². The van der Waals surface area contributed by atoms with Gasteiger partial charge in [-0.05, 0) is 49.2 Å². The molecule has 5 rings (SSSR count). The van der Waals surface area contributed by atoms with Crippen LogP contribution in [0.25, 0.3) is 33.3 Å². The molecule has 0 bridgehead atoms. The fourth-order valence-corrected chi connectivity index (χ4v) is 3.51. The van der Waals surface area contributed by atoms with Crippen LogP contribution in [0.1, 0.15) is 11.1 Å². The maximum absolute atomic E-state index is 12.8. The second-order valence-electron chi connectivity index (χ2n) is 6.35. The summed E-state index contributed by atoms with van der Waals surface area (Å²) in [6, 6.07) is 15.9. The van der Waals surface area contributed by atoms with Crippen molar-refractivity contribution < 1.29 is 0 Å². The number of para-hydroxylation sites is 1. The van der Waals surface area contributed by atoms with Crippen LogP contribution in [0, 0.1) is 6.92 Å². The molecule has 2 aromatic carbocycles. The third-order valence-corrected chi connectivity index (χ3v) is 4.73. The Labute approximate surface area is 138 Å². The Bertz CT molecular complexity index is 1190. The van der Waals surface area contributed by atoms with Gasteiger partial charge >= 0.3 is 0 Å². The summed E-state index contributed by atoms with van der Waals surface area (Å²) < 4.78 is 1.76. The number of hydrogen-bond acceptors (Lipinski definition) is 3. The van der Waals surface area contributed by atoms with Gasteiger partial charge in [0.05, 0.1) is 16.4 Å². The lowest BCUT2D eigenvalue weighted by molar-refractivity contribution is 0.648. The van der Waals surface area contributed by atoms with Gasteiger partial charge in [-0.2, -0.15) is 0 Å². The lowest BCUT2D eigenvalue weighted by atomic mass is 10.0. The first-order valence-corrected chi connectivity index (χ1v) is 8.11. The van der Waals surface area contributed by atoms with Gasteiger partial charge in [-0.3, -0.25) is 9.36 Å². The van der Waals surface area contributed by atoms with E-state index in [1.54, 1.807) is 4.57 Å². The molecule has 0 unspecified atom stereocenters. The summed E-state index contributed by atoms with van der Waals surface area (Å²) in [7, 11) is 0. The fourth-order valence-electron chi connectivity index (χ4n) is 3.51. The summed E-state index contributed by atoms with van der Waals surface area (Å²) in [5.41, 5.74) is 4.91. The number of fused-ring (bicyclic) bond motifs is 5. The normalized spacial score (nSPS) is 13.0. The molecule has 0 amide bonds. The number of aryl methyl sites for hydroxylation is 2. The number of hydrogen-bond donors (Lipinski definition) is 0. The number of nitrogens with zero attached hydrogens (tertiary/aromatic N) is 3. The monoisotopic (exact) mass is 313 g/mol. The molecule has 0 aliphatic carbocycles. The zero-order valence-corrected chi connectivity index (χ0v) is 13.3. The van der Waals surface area contributed by atoms with Crippen molar-refractivity contribution >= 4 is 21.8 Å². The summed E-state index contributed by atoms with van der Waals surface area (Å²) >= 11 is 0. The number of rotatable bonds is 0. The molecule has 4 nitrogen and oxygen atoms in total. The second-order valence-corrected chi connectivity index (χ2v) is 6.35. The van der Waals surface area contributed by atoms with Crippen LogP contribution in [-0.4, -0.2) is 14.5 Å². The Morgan fingerprint density at radius 1 is 1.00 bits per heavy atom. The molecule has 4 heteroatoms. The van der Waals surface area contributed by atoms with Crippen molar-refractivity contribution in [2.24, 2.45) is 0 Å². The standard InChI is InChI=1S/C20H15N3O/c1-12-6-7-16-14(10-12)11-13-8-9-23-19(18(13)21-16)22-17-5-3-2-4-15(17)20(23)24/h2-7,10-11H,8-9H2,1H3. The summed E-state index contributed by atoms with van der Waals surface area (Å²) in [6.07, 6.45) is 0.805. The second kappa shape index (κ2) is 4.74. The van der Waals surface area contributed by atoms with E-state index in [0.717, 1.165) is 34.1 Å². The molecular weight excluding hydrogens is 298 g/mol. The minimum absolute atomic E-state index is 0.0204. The largest absolute Gasteiger partial charge is 0.290 e. The predicted molar refractivity (Wildman–Crippen MR) is 95.2 cm³/mol. The van der Waals surface area contributed by atoms with E-state index in [1.807, 2.05) is 30.3 Å². The van der Waals surface area contributed by atoms with Crippen LogP contribution >= 0.6 is 0 Å². The average molecular weight is 313 g/mol. The first-order valence-electron chi connectivity index (χ1n) is 8.11. The summed E-state index contributed by atoms with van der Waals surface area (Å²) in [4.78, 5) is 22.4. The molecule has 0 saturated carbocycles. The molecule has 0 N–H and O–H groups in total. The van der Waals surface area contributed by atoms with Gasteiger partial charge < -0.3 is 0 Å². The third-order valence-electron chi connectivity index (χ3n) is 4.73. The first kappa shape index (κ1) is 13.4. The van der Waals surface area contributed by atoms with Crippen molar-refractivity contribution in [2.45, 2.75) is 19.9 Å². The van der Waals surface area contributed by atoms with Crippen LogP contribution in [0.4, 0.5) is 0 Å². The Morgan fingerprint density at radius 3 is 2.79 bits per heavy atom. The number of pyridine rings is 1. The smallest absolute Gasteiger partial charge is 0.261 e. The fraction of sp³-hybridized carbons (Fsp3) is 0.150. The summed E-state index contributed by atoms with van der Waals surface area (Å²) in [5.74, 6) is 0.683. The molecule has 0 fully saturated rings. The molecule has 0 spiro atoms. The highest BCUT2D eigenvalue weighted by atomic mass is 16.1. The van der Waals surface area contributed by atoms with Crippen LogP contribution in [0.3, 0.4) is 0 Å². The van der Waals surface area contributed by atoms with E-state index in [1.165, 1.54) is 5.56 Å². The van der Waals surface area contributed by atoms with E-state index in [-0.39, 0.29) is 5.56 Å². The third kappa shape index (κ3) is 1.83. The number of aromatic nitrogens is 3. The van der Waals surface area contributed by atoms with Crippen LogP contribution in [-0.2, 0) is 13.0 Å². The highest BCUT2D eigenvalue weighted by Crippen LogP contribution is 2.29. The van der Waals surface area contributed by atoms with Crippen LogP contribution in [0.5, 0.6) is 0 Å². The zero-order chi connectivity index (χ0) is 16.3. The molecule has 0 radical (unpaired) electrons. The maximum atomic E-state index is 12.8. The van der Waals surface area contributed by atoms with E-state index in [0.29, 0.717) is 17.8 Å². The zero-order valence-electron chi connectivity index (χ0n) is 13.3. The minimum Gasteiger partial charge on any atom is -0.290 e. The Hall–Kier alpha value is -3.01. The van der Waals surface area contributed by atoms with Crippen molar-refractivity contribution in [3.8, 4) is 11.5 Å². The van der Waals surface area contributed by atoms with E-state index in [2.05, 4.69) is 25.1 Å². The van der Waals surface area contributed by atoms with Gasteiger partial charge in [-0.1, -0.05) is 23.8 Å². The SMILES string of the molecule is Cc1ccc2nc3c(cc2c1)CCn1c-3nc2ccccc2c1=O. The molecule has 2 aromatic heterocycles. The Balaban J connectivity index is 1.87. The quantitative estimate of drug-likeness (QED) is 0.499.